The molecule has 2 aromatic rings. The zero-order chi connectivity index (χ0) is 24.1. The summed E-state index contributed by atoms with van der Waals surface area (Å²) in [6, 6.07) is 16.0. The Hall–Kier alpha value is -2.89. The lowest BCUT2D eigenvalue weighted by atomic mass is 9.94. The molecule has 2 aliphatic rings. The molecule has 2 aliphatic heterocycles. The second kappa shape index (κ2) is 10.6. The van der Waals surface area contributed by atoms with E-state index in [1.165, 1.54) is 28.6 Å². The lowest BCUT2D eigenvalue weighted by molar-refractivity contribution is -0.139. The van der Waals surface area contributed by atoms with Crippen LogP contribution in [0.2, 0.25) is 0 Å². The van der Waals surface area contributed by atoms with Crippen molar-refractivity contribution in [1.82, 2.24) is 9.21 Å². The zero-order valence-corrected chi connectivity index (χ0v) is 20.3. The Balaban J connectivity index is 1.45. The molecule has 1 amide bonds. The highest BCUT2D eigenvalue weighted by atomic mass is 32.2. The molecular weight excluding hydrogens is 450 g/mol. The van der Waals surface area contributed by atoms with E-state index in [0.29, 0.717) is 31.5 Å². The summed E-state index contributed by atoms with van der Waals surface area (Å²) in [5.41, 5.74) is 1.55. The van der Waals surface area contributed by atoms with Crippen LogP contribution in [0.5, 0.6) is 5.75 Å². The smallest absolute Gasteiger partial charge is 0.243 e. The SMILES string of the molecule is COc1ccc([C@@H]2CCCCCN2C(=O)C2CCN(S(=O)(=O)c3ccc(C#N)cc3)CC2)cc1. The van der Waals surface area contributed by atoms with Crippen molar-refractivity contribution in [3.63, 3.8) is 0 Å². The minimum atomic E-state index is -3.64. The molecule has 0 bridgehead atoms. The van der Waals surface area contributed by atoms with Gasteiger partial charge in [0.25, 0.3) is 0 Å². The summed E-state index contributed by atoms with van der Waals surface area (Å²) in [5.74, 6) is 0.760. The fourth-order valence-corrected chi connectivity index (χ4v) is 6.44. The van der Waals surface area contributed by atoms with E-state index in [4.69, 9.17) is 10.00 Å². The first-order chi connectivity index (χ1) is 16.4. The van der Waals surface area contributed by atoms with Gasteiger partial charge in [0.05, 0.1) is 29.7 Å². The van der Waals surface area contributed by atoms with Gasteiger partial charge in [-0.05, 0) is 67.6 Å². The summed E-state index contributed by atoms with van der Waals surface area (Å²) >= 11 is 0. The molecule has 0 aliphatic carbocycles. The number of carbonyl (C=O) groups is 1. The quantitative estimate of drug-likeness (QED) is 0.641. The summed E-state index contributed by atoms with van der Waals surface area (Å²) < 4.78 is 32.8. The highest BCUT2D eigenvalue weighted by molar-refractivity contribution is 7.89. The van der Waals surface area contributed by atoms with Gasteiger partial charge >= 0.3 is 0 Å². The molecule has 180 valence electrons. The van der Waals surface area contributed by atoms with Gasteiger partial charge in [-0.15, -0.1) is 0 Å². The second-order valence-corrected chi connectivity index (χ2v) is 10.9. The summed E-state index contributed by atoms with van der Waals surface area (Å²) in [5, 5.41) is 8.95. The van der Waals surface area contributed by atoms with E-state index in [1.807, 2.05) is 35.2 Å². The third-order valence-electron chi connectivity index (χ3n) is 6.96. The van der Waals surface area contributed by atoms with Gasteiger partial charge in [-0.2, -0.15) is 9.57 Å². The fourth-order valence-electron chi connectivity index (χ4n) is 4.97. The predicted octanol–water partition coefficient (Wildman–Crippen LogP) is 4.11. The summed E-state index contributed by atoms with van der Waals surface area (Å²) in [7, 11) is -2.00. The van der Waals surface area contributed by atoms with Crippen LogP contribution in [0.3, 0.4) is 0 Å². The van der Waals surface area contributed by atoms with Crippen LogP contribution in [0, 0.1) is 17.2 Å². The number of hydrogen-bond acceptors (Lipinski definition) is 5. The molecule has 0 spiro atoms. The molecule has 7 nitrogen and oxygen atoms in total. The molecule has 0 N–H and O–H groups in total. The van der Waals surface area contributed by atoms with E-state index >= 15 is 0 Å². The summed E-state index contributed by atoms with van der Waals surface area (Å²) in [4.78, 5) is 15.8. The number of likely N-dealkylation sites (tertiary alicyclic amines) is 1. The Kier molecular flexibility index (Phi) is 7.54. The maximum atomic E-state index is 13.6. The molecule has 2 heterocycles. The van der Waals surface area contributed by atoms with Crippen molar-refractivity contribution in [2.45, 2.75) is 49.5 Å². The minimum Gasteiger partial charge on any atom is -0.497 e. The van der Waals surface area contributed by atoms with Crippen LogP contribution in [0.1, 0.15) is 55.7 Å². The van der Waals surface area contributed by atoms with Gasteiger partial charge in [0.1, 0.15) is 5.75 Å². The molecular formula is C26H31N3O4S. The van der Waals surface area contributed by atoms with Gasteiger partial charge < -0.3 is 9.64 Å². The molecule has 0 saturated carbocycles. The van der Waals surface area contributed by atoms with Gasteiger partial charge in [-0.1, -0.05) is 25.0 Å². The average molecular weight is 482 g/mol. The third kappa shape index (κ3) is 5.11. The van der Waals surface area contributed by atoms with E-state index in [2.05, 4.69) is 0 Å². The molecule has 0 aromatic heterocycles. The molecule has 2 saturated heterocycles. The number of methoxy groups -OCH3 is 1. The monoisotopic (exact) mass is 481 g/mol. The molecule has 0 radical (unpaired) electrons. The molecule has 34 heavy (non-hydrogen) atoms. The Labute approximate surface area is 202 Å². The van der Waals surface area contributed by atoms with E-state index in [9.17, 15) is 13.2 Å². The van der Waals surface area contributed by atoms with Crippen LogP contribution in [0.4, 0.5) is 0 Å². The number of hydrogen-bond donors (Lipinski definition) is 0. The molecule has 4 rings (SSSR count). The van der Waals surface area contributed by atoms with Crippen molar-refractivity contribution in [3.8, 4) is 11.8 Å². The third-order valence-corrected chi connectivity index (χ3v) is 8.87. The molecule has 8 heteroatoms. The fraction of sp³-hybridized carbons (Fsp3) is 0.462. The lowest BCUT2D eigenvalue weighted by Gasteiger charge is -2.37. The Morgan fingerprint density at radius 3 is 2.24 bits per heavy atom. The topological polar surface area (TPSA) is 90.7 Å². The number of rotatable bonds is 5. The van der Waals surface area contributed by atoms with Crippen LogP contribution in [0.25, 0.3) is 0 Å². The van der Waals surface area contributed by atoms with Crippen molar-refractivity contribution in [1.29, 1.82) is 5.26 Å². The number of carbonyl (C=O) groups excluding carboxylic acids is 1. The Bertz CT molecular complexity index is 1130. The van der Waals surface area contributed by atoms with E-state index in [1.54, 1.807) is 7.11 Å². The van der Waals surface area contributed by atoms with E-state index in [0.717, 1.165) is 43.5 Å². The summed E-state index contributed by atoms with van der Waals surface area (Å²) in [6.07, 6.45) is 5.15. The number of benzene rings is 2. The van der Waals surface area contributed by atoms with Gasteiger partial charge in [0.2, 0.25) is 15.9 Å². The number of ether oxygens (including phenoxy) is 1. The van der Waals surface area contributed by atoms with Crippen molar-refractivity contribution in [3.05, 3.63) is 59.7 Å². The van der Waals surface area contributed by atoms with Gasteiger partial charge in [-0.3, -0.25) is 4.79 Å². The lowest BCUT2D eigenvalue weighted by Crippen LogP contribution is -2.45. The Morgan fingerprint density at radius 1 is 0.941 bits per heavy atom. The molecule has 2 aromatic carbocycles. The van der Waals surface area contributed by atoms with Gasteiger partial charge in [-0.25, -0.2) is 8.42 Å². The van der Waals surface area contributed by atoms with Crippen LogP contribution < -0.4 is 4.74 Å². The molecule has 1 atom stereocenters. The van der Waals surface area contributed by atoms with Crippen molar-refractivity contribution >= 4 is 15.9 Å². The van der Waals surface area contributed by atoms with Crippen LogP contribution in [-0.2, 0) is 14.8 Å². The maximum Gasteiger partial charge on any atom is 0.243 e. The number of sulfonamides is 1. The highest BCUT2D eigenvalue weighted by Gasteiger charge is 2.36. The summed E-state index contributed by atoms with van der Waals surface area (Å²) in [6.45, 7) is 1.37. The first kappa shape index (κ1) is 24.2. The van der Waals surface area contributed by atoms with Crippen molar-refractivity contribution < 1.29 is 17.9 Å². The van der Waals surface area contributed by atoms with Gasteiger partial charge in [0.15, 0.2) is 0 Å². The van der Waals surface area contributed by atoms with Gasteiger partial charge in [0, 0.05) is 25.6 Å². The first-order valence-electron chi connectivity index (χ1n) is 11.9. The standard InChI is InChI=1S/C26H31N3O4S/c1-33-23-10-8-21(9-11-23)25-5-3-2-4-16-29(25)26(30)22-14-17-28(18-15-22)34(31,32)24-12-6-20(19-27)7-13-24/h6-13,22,25H,2-5,14-18H2,1H3/t25-/m0/s1. The normalized spacial score (nSPS) is 20.4. The minimum absolute atomic E-state index is 0.0429. The Morgan fingerprint density at radius 2 is 1.62 bits per heavy atom. The van der Waals surface area contributed by atoms with Crippen molar-refractivity contribution in [2.24, 2.45) is 5.92 Å². The number of amides is 1. The maximum absolute atomic E-state index is 13.6. The average Bonchev–Trinajstić information content (AvgIpc) is 3.14. The van der Waals surface area contributed by atoms with E-state index < -0.39 is 10.0 Å². The second-order valence-electron chi connectivity index (χ2n) is 8.98. The van der Waals surface area contributed by atoms with Crippen LogP contribution >= 0.6 is 0 Å². The van der Waals surface area contributed by atoms with Crippen LogP contribution in [0.15, 0.2) is 53.4 Å². The molecule has 2 fully saturated rings. The highest BCUT2D eigenvalue weighted by Crippen LogP contribution is 2.34. The van der Waals surface area contributed by atoms with Crippen LogP contribution in [-0.4, -0.2) is 50.3 Å². The largest absolute Gasteiger partial charge is 0.497 e. The number of piperidine rings is 1. The van der Waals surface area contributed by atoms with E-state index in [-0.39, 0.29) is 22.8 Å². The first-order valence-corrected chi connectivity index (χ1v) is 13.3. The zero-order valence-electron chi connectivity index (χ0n) is 19.5. The number of nitrogens with zero attached hydrogens (tertiary/aromatic N) is 3. The predicted molar refractivity (Wildman–Crippen MR) is 129 cm³/mol. The molecule has 0 unspecified atom stereocenters. The number of nitriles is 1. The van der Waals surface area contributed by atoms with Crippen molar-refractivity contribution in [2.75, 3.05) is 26.7 Å².